The number of furan rings is 1. The van der Waals surface area contributed by atoms with Gasteiger partial charge in [0.05, 0.1) is 6.26 Å². The van der Waals surface area contributed by atoms with Gasteiger partial charge in [-0.1, -0.05) is 18.2 Å². The van der Waals surface area contributed by atoms with Crippen molar-refractivity contribution >= 4 is 11.0 Å². The Hall–Kier alpha value is -1.32. The van der Waals surface area contributed by atoms with E-state index >= 15 is 0 Å². The fourth-order valence-electron chi connectivity index (χ4n) is 3.66. The molecule has 100 valence electrons. The molecule has 4 rings (SSSR count). The minimum atomic E-state index is 0.715. The molecule has 2 unspecified atom stereocenters. The van der Waals surface area contributed by atoms with Gasteiger partial charge in [0.15, 0.2) is 0 Å². The largest absolute Gasteiger partial charge is 0.464 e. The van der Waals surface area contributed by atoms with Crippen molar-refractivity contribution in [3.63, 3.8) is 0 Å². The highest BCUT2D eigenvalue weighted by Gasteiger charge is 2.34. The van der Waals surface area contributed by atoms with E-state index < -0.39 is 0 Å². The maximum absolute atomic E-state index is 5.64. The van der Waals surface area contributed by atoms with Crippen molar-refractivity contribution in [2.24, 2.45) is 5.92 Å². The maximum atomic E-state index is 5.64. The standard InChI is InChI=1S/C16H20N2O/c1-2-6-16-14(5-1)13(11-19-16)9-18-8-12-4-3-7-17-15(12)10-18/h1-2,5-6,11-12,15,17H,3-4,7-10H2. The molecule has 1 N–H and O–H groups in total. The molecule has 0 aliphatic carbocycles. The quantitative estimate of drug-likeness (QED) is 0.895. The zero-order valence-corrected chi connectivity index (χ0v) is 11.1. The summed E-state index contributed by atoms with van der Waals surface area (Å²) in [7, 11) is 0. The number of benzene rings is 1. The molecule has 19 heavy (non-hydrogen) atoms. The Kier molecular flexibility index (Phi) is 2.82. The normalized spacial score (nSPS) is 27.8. The third-order valence-corrected chi connectivity index (χ3v) is 4.63. The average molecular weight is 256 g/mol. The van der Waals surface area contributed by atoms with Gasteiger partial charge in [-0.25, -0.2) is 0 Å². The molecule has 0 spiro atoms. The van der Waals surface area contributed by atoms with Crippen LogP contribution >= 0.6 is 0 Å². The molecule has 1 aromatic heterocycles. The Labute approximate surface area is 113 Å². The Bertz CT molecular complexity index is 563. The smallest absolute Gasteiger partial charge is 0.134 e. The molecule has 2 saturated heterocycles. The SMILES string of the molecule is c1ccc2c(CN3CC4CCCNC4C3)coc2c1. The van der Waals surface area contributed by atoms with E-state index in [-0.39, 0.29) is 0 Å². The van der Waals surface area contributed by atoms with Gasteiger partial charge in [0, 0.05) is 36.6 Å². The monoisotopic (exact) mass is 256 g/mol. The van der Waals surface area contributed by atoms with Crippen molar-refractivity contribution in [3.8, 4) is 0 Å². The van der Waals surface area contributed by atoms with Gasteiger partial charge < -0.3 is 9.73 Å². The molecule has 2 aromatic rings. The lowest BCUT2D eigenvalue weighted by Gasteiger charge is -2.24. The van der Waals surface area contributed by atoms with Crippen molar-refractivity contribution in [2.75, 3.05) is 19.6 Å². The van der Waals surface area contributed by atoms with E-state index in [4.69, 9.17) is 4.42 Å². The molecule has 3 heteroatoms. The van der Waals surface area contributed by atoms with Crippen LogP contribution in [-0.4, -0.2) is 30.6 Å². The highest BCUT2D eigenvalue weighted by atomic mass is 16.3. The van der Waals surface area contributed by atoms with Gasteiger partial charge in [-0.05, 0) is 31.4 Å². The molecule has 0 amide bonds. The van der Waals surface area contributed by atoms with Gasteiger partial charge in [0.1, 0.15) is 5.58 Å². The fourth-order valence-corrected chi connectivity index (χ4v) is 3.66. The molecule has 0 bridgehead atoms. The molecule has 2 aliphatic rings. The molecule has 0 radical (unpaired) electrons. The van der Waals surface area contributed by atoms with Gasteiger partial charge in [-0.3, -0.25) is 4.90 Å². The van der Waals surface area contributed by atoms with Crippen LogP contribution in [-0.2, 0) is 6.54 Å². The van der Waals surface area contributed by atoms with Gasteiger partial charge in [0.25, 0.3) is 0 Å². The number of hydrogen-bond donors (Lipinski definition) is 1. The first kappa shape index (κ1) is 11.5. The Balaban J connectivity index is 1.52. The number of piperidine rings is 1. The van der Waals surface area contributed by atoms with Crippen LogP contribution in [0.25, 0.3) is 11.0 Å². The third-order valence-electron chi connectivity index (χ3n) is 4.63. The van der Waals surface area contributed by atoms with Crippen molar-refractivity contribution in [1.29, 1.82) is 0 Å². The van der Waals surface area contributed by atoms with Crippen LogP contribution in [0.5, 0.6) is 0 Å². The van der Waals surface area contributed by atoms with E-state index in [0.717, 1.165) is 18.0 Å². The first-order valence-electron chi connectivity index (χ1n) is 7.31. The lowest BCUT2D eigenvalue weighted by molar-refractivity contribution is 0.312. The zero-order chi connectivity index (χ0) is 12.7. The van der Waals surface area contributed by atoms with Crippen LogP contribution < -0.4 is 5.32 Å². The summed E-state index contributed by atoms with van der Waals surface area (Å²) in [6.45, 7) is 4.64. The second-order valence-electron chi connectivity index (χ2n) is 5.91. The highest BCUT2D eigenvalue weighted by Crippen LogP contribution is 2.28. The summed E-state index contributed by atoms with van der Waals surface area (Å²) in [5.41, 5.74) is 2.33. The highest BCUT2D eigenvalue weighted by molar-refractivity contribution is 5.80. The second kappa shape index (κ2) is 4.66. The second-order valence-corrected chi connectivity index (χ2v) is 5.91. The Morgan fingerprint density at radius 3 is 3.16 bits per heavy atom. The molecular weight excluding hydrogens is 236 g/mol. The zero-order valence-electron chi connectivity index (χ0n) is 11.1. The summed E-state index contributed by atoms with van der Waals surface area (Å²) in [4.78, 5) is 2.57. The predicted molar refractivity (Wildman–Crippen MR) is 76.0 cm³/mol. The molecule has 3 heterocycles. The molecular formula is C16H20N2O. The number of fused-ring (bicyclic) bond motifs is 2. The minimum absolute atomic E-state index is 0.715. The first-order chi connectivity index (χ1) is 9.40. The summed E-state index contributed by atoms with van der Waals surface area (Å²) in [6.07, 6.45) is 4.66. The first-order valence-corrected chi connectivity index (χ1v) is 7.31. The number of nitrogens with zero attached hydrogens (tertiary/aromatic N) is 1. The lowest BCUT2D eigenvalue weighted by Crippen LogP contribution is -2.40. The summed E-state index contributed by atoms with van der Waals surface area (Å²) >= 11 is 0. The van der Waals surface area contributed by atoms with Crippen LogP contribution in [0.3, 0.4) is 0 Å². The summed E-state index contributed by atoms with van der Waals surface area (Å²) in [5, 5.41) is 4.93. The van der Waals surface area contributed by atoms with E-state index in [1.165, 1.54) is 43.4 Å². The van der Waals surface area contributed by atoms with Crippen molar-refractivity contribution in [3.05, 3.63) is 36.1 Å². The van der Waals surface area contributed by atoms with Gasteiger partial charge in [0.2, 0.25) is 0 Å². The van der Waals surface area contributed by atoms with Crippen molar-refractivity contribution in [1.82, 2.24) is 10.2 Å². The van der Waals surface area contributed by atoms with Crippen LogP contribution in [0.4, 0.5) is 0 Å². The van der Waals surface area contributed by atoms with Crippen molar-refractivity contribution < 1.29 is 4.42 Å². The molecule has 2 aliphatic heterocycles. The minimum Gasteiger partial charge on any atom is -0.464 e. The Morgan fingerprint density at radius 1 is 1.26 bits per heavy atom. The number of hydrogen-bond acceptors (Lipinski definition) is 3. The fraction of sp³-hybridized carbons (Fsp3) is 0.500. The number of nitrogens with one attached hydrogen (secondary N) is 1. The average Bonchev–Trinajstić information content (AvgIpc) is 3.03. The number of likely N-dealkylation sites (tertiary alicyclic amines) is 1. The van der Waals surface area contributed by atoms with E-state index in [1.54, 1.807) is 0 Å². The predicted octanol–water partition coefficient (Wildman–Crippen LogP) is 2.62. The molecule has 0 saturated carbocycles. The van der Waals surface area contributed by atoms with Crippen molar-refractivity contribution in [2.45, 2.75) is 25.4 Å². The van der Waals surface area contributed by atoms with Crippen LogP contribution in [0.2, 0.25) is 0 Å². The van der Waals surface area contributed by atoms with Crippen LogP contribution in [0.1, 0.15) is 18.4 Å². The summed E-state index contributed by atoms with van der Waals surface area (Å²) in [5.74, 6) is 0.854. The molecule has 1 aromatic carbocycles. The summed E-state index contributed by atoms with van der Waals surface area (Å²) in [6, 6.07) is 9.04. The van der Waals surface area contributed by atoms with Gasteiger partial charge in [-0.15, -0.1) is 0 Å². The van der Waals surface area contributed by atoms with E-state index in [9.17, 15) is 0 Å². The van der Waals surface area contributed by atoms with E-state index in [2.05, 4.69) is 22.3 Å². The molecule has 2 fully saturated rings. The van der Waals surface area contributed by atoms with E-state index in [0.29, 0.717) is 6.04 Å². The van der Waals surface area contributed by atoms with Gasteiger partial charge in [-0.2, -0.15) is 0 Å². The van der Waals surface area contributed by atoms with Crippen LogP contribution in [0, 0.1) is 5.92 Å². The number of para-hydroxylation sites is 1. The third kappa shape index (κ3) is 2.07. The van der Waals surface area contributed by atoms with Crippen LogP contribution in [0.15, 0.2) is 34.9 Å². The van der Waals surface area contributed by atoms with E-state index in [1.807, 2.05) is 18.4 Å². The maximum Gasteiger partial charge on any atom is 0.134 e. The lowest BCUT2D eigenvalue weighted by atomic mass is 9.94. The molecule has 3 nitrogen and oxygen atoms in total. The number of rotatable bonds is 2. The topological polar surface area (TPSA) is 28.4 Å². The Morgan fingerprint density at radius 2 is 2.21 bits per heavy atom. The summed E-state index contributed by atoms with van der Waals surface area (Å²) < 4.78 is 5.64. The van der Waals surface area contributed by atoms with Gasteiger partial charge >= 0.3 is 0 Å². The molecule has 2 atom stereocenters.